The molecule has 0 unspecified atom stereocenters. The Kier molecular flexibility index (Phi) is 5.45. The van der Waals surface area contributed by atoms with Crippen LogP contribution in [0.3, 0.4) is 0 Å². The van der Waals surface area contributed by atoms with Crippen LogP contribution in [0, 0.1) is 0 Å². The fraction of sp³-hybridized carbons (Fsp3) is 0.462. The zero-order chi connectivity index (χ0) is 12.8. The maximum atomic E-state index is 12.2. The SMILES string of the molecule is CCCN(C[C@@H](C)O)C(=O)c1ccc(Cl)cc1. The molecule has 1 N–H and O–H groups in total. The van der Waals surface area contributed by atoms with E-state index in [1.807, 2.05) is 6.92 Å². The second kappa shape index (κ2) is 6.62. The lowest BCUT2D eigenvalue weighted by molar-refractivity contribution is 0.0648. The van der Waals surface area contributed by atoms with E-state index in [0.717, 1.165) is 6.42 Å². The highest BCUT2D eigenvalue weighted by Gasteiger charge is 2.16. The molecule has 0 aliphatic rings. The number of amides is 1. The van der Waals surface area contributed by atoms with Gasteiger partial charge in [0, 0.05) is 23.7 Å². The number of rotatable bonds is 5. The van der Waals surface area contributed by atoms with Crippen molar-refractivity contribution in [3.8, 4) is 0 Å². The van der Waals surface area contributed by atoms with Crippen molar-refractivity contribution in [1.82, 2.24) is 4.90 Å². The molecule has 0 saturated heterocycles. The maximum Gasteiger partial charge on any atom is 0.253 e. The first kappa shape index (κ1) is 14.0. The van der Waals surface area contributed by atoms with E-state index < -0.39 is 6.10 Å². The van der Waals surface area contributed by atoms with E-state index in [1.165, 1.54) is 0 Å². The number of benzene rings is 1. The smallest absolute Gasteiger partial charge is 0.253 e. The van der Waals surface area contributed by atoms with E-state index in [0.29, 0.717) is 23.7 Å². The van der Waals surface area contributed by atoms with Crippen LogP contribution in [0.15, 0.2) is 24.3 Å². The summed E-state index contributed by atoms with van der Waals surface area (Å²) in [6, 6.07) is 6.80. The van der Waals surface area contributed by atoms with Gasteiger partial charge in [-0.1, -0.05) is 18.5 Å². The van der Waals surface area contributed by atoms with Crippen LogP contribution >= 0.6 is 11.6 Å². The number of carbonyl (C=O) groups is 1. The molecule has 4 heteroatoms. The van der Waals surface area contributed by atoms with Gasteiger partial charge >= 0.3 is 0 Å². The van der Waals surface area contributed by atoms with Gasteiger partial charge in [-0.15, -0.1) is 0 Å². The summed E-state index contributed by atoms with van der Waals surface area (Å²) in [4.78, 5) is 13.8. The van der Waals surface area contributed by atoms with Gasteiger partial charge in [-0.2, -0.15) is 0 Å². The molecular formula is C13H18ClNO2. The molecule has 0 saturated carbocycles. The van der Waals surface area contributed by atoms with Crippen molar-refractivity contribution in [2.45, 2.75) is 26.4 Å². The van der Waals surface area contributed by atoms with E-state index in [9.17, 15) is 9.90 Å². The lowest BCUT2D eigenvalue weighted by Gasteiger charge is -2.23. The summed E-state index contributed by atoms with van der Waals surface area (Å²) < 4.78 is 0. The Morgan fingerprint density at radius 2 is 2.00 bits per heavy atom. The van der Waals surface area contributed by atoms with E-state index in [1.54, 1.807) is 36.1 Å². The Bertz CT molecular complexity index is 362. The first-order chi connectivity index (χ1) is 8.04. The molecule has 94 valence electrons. The van der Waals surface area contributed by atoms with Crippen LogP contribution in [0.5, 0.6) is 0 Å². The van der Waals surface area contributed by atoms with E-state index in [2.05, 4.69) is 0 Å². The topological polar surface area (TPSA) is 40.5 Å². The van der Waals surface area contributed by atoms with E-state index in [-0.39, 0.29) is 5.91 Å². The molecule has 3 nitrogen and oxygen atoms in total. The van der Waals surface area contributed by atoms with Crippen molar-refractivity contribution in [2.75, 3.05) is 13.1 Å². The van der Waals surface area contributed by atoms with Gasteiger partial charge in [0.05, 0.1) is 6.10 Å². The Hall–Kier alpha value is -1.06. The van der Waals surface area contributed by atoms with Crippen LogP contribution < -0.4 is 0 Å². The van der Waals surface area contributed by atoms with Crippen LogP contribution in [0.1, 0.15) is 30.6 Å². The highest BCUT2D eigenvalue weighted by molar-refractivity contribution is 6.30. The van der Waals surface area contributed by atoms with Crippen LogP contribution in [-0.4, -0.2) is 35.1 Å². The third-order valence-corrected chi connectivity index (χ3v) is 2.61. The quantitative estimate of drug-likeness (QED) is 0.879. The fourth-order valence-corrected chi connectivity index (χ4v) is 1.77. The minimum Gasteiger partial charge on any atom is -0.392 e. The van der Waals surface area contributed by atoms with Crippen LogP contribution in [-0.2, 0) is 0 Å². The summed E-state index contributed by atoms with van der Waals surface area (Å²) >= 11 is 5.78. The average molecular weight is 256 g/mol. The van der Waals surface area contributed by atoms with Crippen LogP contribution in [0.2, 0.25) is 5.02 Å². The molecule has 0 bridgehead atoms. The number of nitrogens with zero attached hydrogens (tertiary/aromatic N) is 1. The normalized spacial score (nSPS) is 12.2. The summed E-state index contributed by atoms with van der Waals surface area (Å²) in [6.07, 6.45) is 0.351. The Morgan fingerprint density at radius 1 is 1.41 bits per heavy atom. The molecular weight excluding hydrogens is 238 g/mol. The Balaban J connectivity index is 2.79. The summed E-state index contributed by atoms with van der Waals surface area (Å²) in [6.45, 7) is 4.68. The minimum absolute atomic E-state index is 0.0654. The standard InChI is InChI=1S/C13H18ClNO2/c1-3-8-15(9-10(2)16)13(17)11-4-6-12(14)7-5-11/h4-7,10,16H,3,8-9H2,1-2H3/t10-/m1/s1. The van der Waals surface area contributed by atoms with Crippen molar-refractivity contribution >= 4 is 17.5 Å². The zero-order valence-electron chi connectivity index (χ0n) is 10.2. The minimum atomic E-state index is -0.516. The van der Waals surface area contributed by atoms with Gasteiger partial charge in [0.25, 0.3) is 5.91 Å². The number of hydrogen-bond donors (Lipinski definition) is 1. The molecule has 17 heavy (non-hydrogen) atoms. The van der Waals surface area contributed by atoms with Crippen molar-refractivity contribution in [2.24, 2.45) is 0 Å². The van der Waals surface area contributed by atoms with Crippen molar-refractivity contribution < 1.29 is 9.90 Å². The van der Waals surface area contributed by atoms with Crippen molar-refractivity contribution in [1.29, 1.82) is 0 Å². The zero-order valence-corrected chi connectivity index (χ0v) is 10.9. The third-order valence-electron chi connectivity index (χ3n) is 2.36. The molecule has 1 aromatic rings. The van der Waals surface area contributed by atoms with E-state index >= 15 is 0 Å². The van der Waals surface area contributed by atoms with Gasteiger partial charge in [0.15, 0.2) is 0 Å². The van der Waals surface area contributed by atoms with Crippen molar-refractivity contribution in [3.63, 3.8) is 0 Å². The largest absolute Gasteiger partial charge is 0.392 e. The fourth-order valence-electron chi connectivity index (χ4n) is 1.64. The number of carbonyl (C=O) groups excluding carboxylic acids is 1. The molecule has 1 atom stereocenters. The molecule has 0 fully saturated rings. The summed E-state index contributed by atoms with van der Waals surface area (Å²) in [5.41, 5.74) is 0.600. The van der Waals surface area contributed by atoms with E-state index in [4.69, 9.17) is 11.6 Å². The summed E-state index contributed by atoms with van der Waals surface area (Å²) in [5.74, 6) is -0.0654. The molecule has 0 radical (unpaired) electrons. The molecule has 1 rings (SSSR count). The Morgan fingerprint density at radius 3 is 2.47 bits per heavy atom. The molecule has 0 aliphatic carbocycles. The van der Waals surface area contributed by atoms with Gasteiger partial charge in [0.2, 0.25) is 0 Å². The van der Waals surface area contributed by atoms with Crippen LogP contribution in [0.25, 0.3) is 0 Å². The average Bonchev–Trinajstić information content (AvgIpc) is 2.28. The third kappa shape index (κ3) is 4.36. The highest BCUT2D eigenvalue weighted by atomic mass is 35.5. The number of hydrogen-bond acceptors (Lipinski definition) is 2. The van der Waals surface area contributed by atoms with Crippen LogP contribution in [0.4, 0.5) is 0 Å². The highest BCUT2D eigenvalue weighted by Crippen LogP contribution is 2.12. The molecule has 0 heterocycles. The lowest BCUT2D eigenvalue weighted by Crippen LogP contribution is -2.37. The van der Waals surface area contributed by atoms with Gasteiger partial charge in [0.1, 0.15) is 0 Å². The first-order valence-corrected chi connectivity index (χ1v) is 6.15. The molecule has 0 spiro atoms. The summed E-state index contributed by atoms with van der Waals surface area (Å²) in [7, 11) is 0. The lowest BCUT2D eigenvalue weighted by atomic mass is 10.2. The number of halogens is 1. The maximum absolute atomic E-state index is 12.2. The molecule has 1 amide bonds. The van der Waals surface area contributed by atoms with Gasteiger partial charge in [-0.3, -0.25) is 4.79 Å². The second-order valence-corrected chi connectivity index (χ2v) is 4.54. The van der Waals surface area contributed by atoms with Gasteiger partial charge in [-0.05, 0) is 37.6 Å². The Labute approximate surface area is 107 Å². The predicted molar refractivity (Wildman–Crippen MR) is 69.3 cm³/mol. The monoisotopic (exact) mass is 255 g/mol. The predicted octanol–water partition coefficient (Wildman–Crippen LogP) is 2.57. The molecule has 0 aliphatic heterocycles. The number of aliphatic hydroxyl groups is 1. The second-order valence-electron chi connectivity index (χ2n) is 4.11. The van der Waals surface area contributed by atoms with Gasteiger partial charge in [-0.25, -0.2) is 0 Å². The van der Waals surface area contributed by atoms with Gasteiger partial charge < -0.3 is 10.0 Å². The molecule has 0 aromatic heterocycles. The molecule has 1 aromatic carbocycles. The first-order valence-electron chi connectivity index (χ1n) is 5.77. The number of aliphatic hydroxyl groups excluding tert-OH is 1. The summed E-state index contributed by atoms with van der Waals surface area (Å²) in [5, 5.41) is 9.98. The van der Waals surface area contributed by atoms with Crippen molar-refractivity contribution in [3.05, 3.63) is 34.9 Å².